The van der Waals surface area contributed by atoms with Crippen molar-refractivity contribution in [2.45, 2.75) is 0 Å². The largest absolute Gasteiger partial charge is 0.478 e. The molecule has 3 nitrogen and oxygen atoms in total. The molecule has 1 rings (SSSR count). The molecule has 0 atom stereocenters. The zero-order valence-corrected chi connectivity index (χ0v) is 6.90. The maximum atomic E-state index is 12.9. The molecule has 0 radical (unpaired) electrons. The lowest BCUT2D eigenvalue weighted by molar-refractivity contribution is 0.0691. The molecule has 0 amide bonds. The lowest BCUT2D eigenvalue weighted by Gasteiger charge is -2.03. The van der Waals surface area contributed by atoms with Crippen LogP contribution in [0.4, 0.5) is 14.5 Å². The Morgan fingerprint density at radius 3 is 2.54 bits per heavy atom. The van der Waals surface area contributed by atoms with Gasteiger partial charge in [0.25, 0.3) is 0 Å². The Balaban J connectivity index is 3.50. The lowest BCUT2D eigenvalue weighted by Crippen LogP contribution is -2.05. The van der Waals surface area contributed by atoms with E-state index in [0.717, 1.165) is 0 Å². The molecule has 0 spiro atoms. The van der Waals surface area contributed by atoms with E-state index in [0.29, 0.717) is 6.07 Å². The SMILES string of the molecule is Nc1c(F)c(C(=O)O)cc(F)c1Cl. The summed E-state index contributed by atoms with van der Waals surface area (Å²) < 4.78 is 25.7. The summed E-state index contributed by atoms with van der Waals surface area (Å²) in [6.45, 7) is 0. The van der Waals surface area contributed by atoms with Crippen molar-refractivity contribution in [2.75, 3.05) is 5.73 Å². The third kappa shape index (κ3) is 1.55. The third-order valence-electron chi connectivity index (χ3n) is 1.42. The van der Waals surface area contributed by atoms with Gasteiger partial charge in [0.15, 0.2) is 5.82 Å². The molecule has 0 saturated carbocycles. The van der Waals surface area contributed by atoms with Gasteiger partial charge in [-0.05, 0) is 6.07 Å². The van der Waals surface area contributed by atoms with Gasteiger partial charge in [-0.25, -0.2) is 13.6 Å². The van der Waals surface area contributed by atoms with E-state index in [9.17, 15) is 13.6 Å². The molecular formula is C7H4ClF2NO2. The summed E-state index contributed by atoms with van der Waals surface area (Å²) in [4.78, 5) is 10.3. The van der Waals surface area contributed by atoms with Gasteiger partial charge in [0, 0.05) is 0 Å². The molecule has 13 heavy (non-hydrogen) atoms. The van der Waals surface area contributed by atoms with Gasteiger partial charge in [0.05, 0.1) is 5.69 Å². The van der Waals surface area contributed by atoms with Gasteiger partial charge >= 0.3 is 5.97 Å². The molecule has 0 bridgehead atoms. The number of carboxylic acids is 1. The van der Waals surface area contributed by atoms with Crippen molar-refractivity contribution >= 4 is 23.3 Å². The summed E-state index contributed by atoms with van der Waals surface area (Å²) in [5.74, 6) is -3.88. The molecule has 0 aliphatic carbocycles. The Hall–Kier alpha value is -1.36. The van der Waals surface area contributed by atoms with Gasteiger partial charge in [-0.15, -0.1) is 0 Å². The lowest BCUT2D eigenvalue weighted by atomic mass is 10.2. The van der Waals surface area contributed by atoms with Crippen LogP contribution in [0, 0.1) is 11.6 Å². The van der Waals surface area contributed by atoms with E-state index in [2.05, 4.69) is 0 Å². The Labute approximate surface area is 76.7 Å². The molecule has 1 aromatic rings. The normalized spacial score (nSPS) is 10.1. The predicted molar refractivity (Wildman–Crippen MR) is 42.7 cm³/mol. The van der Waals surface area contributed by atoms with Crippen molar-refractivity contribution < 1.29 is 18.7 Å². The number of rotatable bonds is 1. The van der Waals surface area contributed by atoms with Crippen LogP contribution < -0.4 is 5.73 Å². The van der Waals surface area contributed by atoms with Crippen molar-refractivity contribution in [3.05, 3.63) is 28.3 Å². The van der Waals surface area contributed by atoms with Gasteiger partial charge in [-0.1, -0.05) is 11.6 Å². The number of carboxylic acid groups (broad SMARTS) is 1. The minimum atomic E-state index is -1.60. The highest BCUT2D eigenvalue weighted by Crippen LogP contribution is 2.27. The molecule has 6 heteroatoms. The molecule has 1 aromatic carbocycles. The first kappa shape index (κ1) is 9.73. The van der Waals surface area contributed by atoms with Crippen LogP contribution >= 0.6 is 11.6 Å². The zero-order valence-electron chi connectivity index (χ0n) is 6.14. The smallest absolute Gasteiger partial charge is 0.338 e. The van der Waals surface area contributed by atoms with Gasteiger partial charge < -0.3 is 10.8 Å². The number of anilines is 1. The average molecular weight is 208 g/mol. The summed E-state index contributed by atoms with van der Waals surface area (Å²) in [5.41, 5.74) is 3.48. The van der Waals surface area contributed by atoms with Crippen molar-refractivity contribution in [2.24, 2.45) is 0 Å². The van der Waals surface area contributed by atoms with E-state index in [1.165, 1.54) is 0 Å². The third-order valence-corrected chi connectivity index (χ3v) is 1.80. The molecular weight excluding hydrogens is 204 g/mol. The van der Waals surface area contributed by atoms with Crippen LogP contribution in [-0.2, 0) is 0 Å². The van der Waals surface area contributed by atoms with E-state index < -0.39 is 33.9 Å². The van der Waals surface area contributed by atoms with Crippen LogP contribution in [0.5, 0.6) is 0 Å². The molecule has 3 N–H and O–H groups in total. The Morgan fingerprint density at radius 1 is 1.54 bits per heavy atom. The highest BCUT2D eigenvalue weighted by Gasteiger charge is 2.18. The number of nitrogens with two attached hydrogens (primary N) is 1. The summed E-state index contributed by atoms with van der Waals surface area (Å²) in [6.07, 6.45) is 0. The van der Waals surface area contributed by atoms with Crippen LogP contribution in [0.25, 0.3) is 0 Å². The number of halogens is 3. The fraction of sp³-hybridized carbons (Fsp3) is 0. The average Bonchev–Trinajstić information content (AvgIpc) is 2.07. The number of carbonyl (C=O) groups is 1. The number of nitrogen functional groups attached to an aromatic ring is 1. The maximum Gasteiger partial charge on any atom is 0.338 e. The van der Waals surface area contributed by atoms with Crippen LogP contribution in [0.3, 0.4) is 0 Å². The second kappa shape index (κ2) is 3.18. The molecule has 0 heterocycles. The number of hydrogen-bond donors (Lipinski definition) is 2. The molecule has 0 aromatic heterocycles. The Kier molecular flexibility index (Phi) is 2.38. The van der Waals surface area contributed by atoms with E-state index in [-0.39, 0.29) is 0 Å². The van der Waals surface area contributed by atoms with Gasteiger partial charge in [-0.3, -0.25) is 0 Å². The van der Waals surface area contributed by atoms with Gasteiger partial charge in [-0.2, -0.15) is 0 Å². The van der Waals surface area contributed by atoms with E-state index in [1.54, 1.807) is 0 Å². The molecule has 0 unspecified atom stereocenters. The summed E-state index contributed by atoms with van der Waals surface area (Å²) in [6, 6.07) is 0.482. The van der Waals surface area contributed by atoms with Crippen molar-refractivity contribution in [1.82, 2.24) is 0 Å². The molecule has 0 fully saturated rings. The standard InChI is InChI=1S/C7H4ClF2NO2/c8-4-3(9)1-2(7(12)13)5(10)6(4)11/h1H,11H2,(H,12,13). The quantitative estimate of drug-likeness (QED) is 0.546. The summed E-state index contributed by atoms with van der Waals surface area (Å²) in [7, 11) is 0. The second-order valence-electron chi connectivity index (χ2n) is 2.25. The van der Waals surface area contributed by atoms with Crippen molar-refractivity contribution in [1.29, 1.82) is 0 Å². The van der Waals surface area contributed by atoms with E-state index in [1.807, 2.05) is 0 Å². The number of hydrogen-bond acceptors (Lipinski definition) is 2. The van der Waals surface area contributed by atoms with Crippen molar-refractivity contribution in [3.63, 3.8) is 0 Å². The molecule has 70 valence electrons. The fourth-order valence-electron chi connectivity index (χ4n) is 0.779. The first-order valence-corrected chi connectivity index (χ1v) is 3.49. The topological polar surface area (TPSA) is 63.3 Å². The monoisotopic (exact) mass is 207 g/mol. The number of aromatic carboxylic acids is 1. The second-order valence-corrected chi connectivity index (χ2v) is 2.63. The highest BCUT2D eigenvalue weighted by molar-refractivity contribution is 6.33. The van der Waals surface area contributed by atoms with E-state index >= 15 is 0 Å². The predicted octanol–water partition coefficient (Wildman–Crippen LogP) is 1.90. The zero-order chi connectivity index (χ0) is 10.2. The minimum Gasteiger partial charge on any atom is -0.478 e. The van der Waals surface area contributed by atoms with Crippen LogP contribution in [-0.4, -0.2) is 11.1 Å². The number of benzene rings is 1. The molecule has 0 aliphatic rings. The molecule has 0 saturated heterocycles. The first-order valence-electron chi connectivity index (χ1n) is 3.11. The maximum absolute atomic E-state index is 12.9. The van der Waals surface area contributed by atoms with Gasteiger partial charge in [0.2, 0.25) is 0 Å². The highest BCUT2D eigenvalue weighted by atomic mass is 35.5. The molecule has 0 aliphatic heterocycles. The van der Waals surface area contributed by atoms with Crippen LogP contribution in [0.15, 0.2) is 6.07 Å². The first-order chi connectivity index (χ1) is 5.95. The van der Waals surface area contributed by atoms with E-state index in [4.69, 9.17) is 22.4 Å². The van der Waals surface area contributed by atoms with Crippen molar-refractivity contribution in [3.8, 4) is 0 Å². The van der Waals surface area contributed by atoms with Crippen LogP contribution in [0.1, 0.15) is 10.4 Å². The Bertz CT molecular complexity index is 381. The Morgan fingerprint density at radius 2 is 2.08 bits per heavy atom. The summed E-state index contributed by atoms with van der Waals surface area (Å²) in [5, 5.41) is 7.79. The van der Waals surface area contributed by atoms with Gasteiger partial charge in [0.1, 0.15) is 16.4 Å². The van der Waals surface area contributed by atoms with Crippen LogP contribution in [0.2, 0.25) is 5.02 Å². The summed E-state index contributed by atoms with van der Waals surface area (Å²) >= 11 is 5.23. The fourth-order valence-corrected chi connectivity index (χ4v) is 0.917. The minimum absolute atomic E-state index is 0.482.